The monoisotopic (exact) mass is 276 g/mol. The van der Waals surface area contributed by atoms with E-state index in [1.54, 1.807) is 11.3 Å². The smallest absolute Gasteiger partial charge is 0.186 e. The summed E-state index contributed by atoms with van der Waals surface area (Å²) >= 11 is 5.10. The number of aromatic nitrogens is 1. The summed E-state index contributed by atoms with van der Waals surface area (Å²) < 4.78 is 0.901. The van der Waals surface area contributed by atoms with Crippen molar-refractivity contribution >= 4 is 32.4 Å². The molecule has 1 aromatic rings. The van der Waals surface area contributed by atoms with Crippen molar-refractivity contribution in [2.24, 2.45) is 5.73 Å². The second-order valence-electron chi connectivity index (χ2n) is 3.15. The first-order chi connectivity index (χ1) is 6.81. The Morgan fingerprint density at radius 2 is 2.21 bits per heavy atom. The average Bonchev–Trinajstić information content (AvgIpc) is 2.61. The number of nitrogens with two attached hydrogens (primary N) is 1. The zero-order valence-corrected chi connectivity index (χ0v) is 10.2. The number of hydrogen-bond acceptors (Lipinski definition) is 5. The van der Waals surface area contributed by atoms with Crippen LogP contribution in [0, 0.1) is 0 Å². The molecule has 0 amide bonds. The van der Waals surface area contributed by atoms with Gasteiger partial charge in [-0.3, -0.25) is 0 Å². The minimum Gasteiger partial charge on any atom is -0.346 e. The van der Waals surface area contributed by atoms with E-state index in [1.165, 1.54) is 0 Å². The first kappa shape index (κ1) is 10.4. The van der Waals surface area contributed by atoms with Gasteiger partial charge in [0.05, 0.1) is 4.88 Å². The van der Waals surface area contributed by atoms with Crippen LogP contribution >= 0.6 is 27.3 Å². The largest absolute Gasteiger partial charge is 0.346 e. The molecule has 1 aliphatic heterocycles. The van der Waals surface area contributed by atoms with Gasteiger partial charge < -0.3 is 16.0 Å². The summed E-state index contributed by atoms with van der Waals surface area (Å²) in [5.74, 6) is 0. The van der Waals surface area contributed by atoms with Gasteiger partial charge in [0.15, 0.2) is 5.13 Å². The molecule has 0 spiro atoms. The molecule has 6 heteroatoms. The summed E-state index contributed by atoms with van der Waals surface area (Å²) in [5.41, 5.74) is 5.60. The van der Waals surface area contributed by atoms with Crippen LogP contribution in [0.25, 0.3) is 0 Å². The molecule has 0 aliphatic carbocycles. The molecule has 0 aromatic carbocycles. The number of halogens is 1. The maximum Gasteiger partial charge on any atom is 0.186 e. The van der Waals surface area contributed by atoms with Crippen LogP contribution in [0.1, 0.15) is 4.88 Å². The molecule has 0 radical (unpaired) electrons. The molecule has 78 valence electrons. The van der Waals surface area contributed by atoms with Gasteiger partial charge >= 0.3 is 0 Å². The molecule has 2 heterocycles. The van der Waals surface area contributed by atoms with Crippen LogP contribution in [0.2, 0.25) is 0 Å². The predicted octanol–water partition coefficient (Wildman–Crippen LogP) is 0.774. The molecule has 0 saturated carbocycles. The highest BCUT2D eigenvalue weighted by Crippen LogP contribution is 2.29. The van der Waals surface area contributed by atoms with Crippen LogP contribution in [-0.4, -0.2) is 31.2 Å². The molecule has 1 aliphatic rings. The fourth-order valence-electron chi connectivity index (χ4n) is 1.44. The lowest BCUT2D eigenvalue weighted by molar-refractivity contribution is 0.588. The van der Waals surface area contributed by atoms with Gasteiger partial charge in [-0.1, -0.05) is 11.3 Å². The average molecular weight is 277 g/mol. The third-order valence-corrected chi connectivity index (χ3v) is 4.27. The minimum atomic E-state index is 0.560. The fourth-order valence-corrected chi connectivity index (χ4v) is 3.01. The lowest BCUT2D eigenvalue weighted by Crippen LogP contribution is -2.43. The van der Waals surface area contributed by atoms with Crippen LogP contribution in [0.15, 0.2) is 4.60 Å². The zero-order valence-electron chi connectivity index (χ0n) is 7.79. The normalized spacial score (nSPS) is 17.4. The summed E-state index contributed by atoms with van der Waals surface area (Å²) in [6.07, 6.45) is 0. The van der Waals surface area contributed by atoms with Crippen LogP contribution in [0.4, 0.5) is 5.13 Å². The van der Waals surface area contributed by atoms with E-state index in [9.17, 15) is 0 Å². The van der Waals surface area contributed by atoms with Gasteiger partial charge in [0.25, 0.3) is 0 Å². The molecule has 1 saturated heterocycles. The number of nitrogens with one attached hydrogen (secondary N) is 1. The summed E-state index contributed by atoms with van der Waals surface area (Å²) in [4.78, 5) is 7.88. The standard InChI is InChI=1S/C8H13BrN4S/c9-7-6(5-10)14-8(12-7)13-3-1-11-2-4-13/h11H,1-5,10H2. The van der Waals surface area contributed by atoms with Gasteiger partial charge in [-0.15, -0.1) is 0 Å². The van der Waals surface area contributed by atoms with E-state index in [0.29, 0.717) is 6.54 Å². The molecule has 3 N–H and O–H groups in total. The van der Waals surface area contributed by atoms with E-state index in [-0.39, 0.29) is 0 Å². The van der Waals surface area contributed by atoms with Gasteiger partial charge in [0, 0.05) is 32.7 Å². The van der Waals surface area contributed by atoms with E-state index >= 15 is 0 Å². The van der Waals surface area contributed by atoms with Gasteiger partial charge in [0.2, 0.25) is 0 Å². The van der Waals surface area contributed by atoms with Gasteiger partial charge in [-0.25, -0.2) is 4.98 Å². The van der Waals surface area contributed by atoms with Crippen LogP contribution in [0.5, 0.6) is 0 Å². The van der Waals surface area contributed by atoms with Crippen molar-refractivity contribution in [2.75, 3.05) is 31.1 Å². The maximum atomic E-state index is 5.60. The molecule has 1 fully saturated rings. The highest BCUT2D eigenvalue weighted by Gasteiger charge is 2.15. The Bertz CT molecular complexity index is 308. The highest BCUT2D eigenvalue weighted by molar-refractivity contribution is 9.10. The van der Waals surface area contributed by atoms with Crippen molar-refractivity contribution in [1.29, 1.82) is 0 Å². The van der Waals surface area contributed by atoms with Crippen molar-refractivity contribution < 1.29 is 0 Å². The van der Waals surface area contributed by atoms with Crippen molar-refractivity contribution in [3.8, 4) is 0 Å². The topological polar surface area (TPSA) is 54.2 Å². The third-order valence-electron chi connectivity index (χ3n) is 2.21. The number of piperazine rings is 1. The Labute approximate surface area is 95.6 Å². The van der Waals surface area contributed by atoms with Crippen molar-refractivity contribution in [3.63, 3.8) is 0 Å². The molecule has 2 rings (SSSR count). The number of thiazole rings is 1. The first-order valence-corrected chi connectivity index (χ1v) is 6.23. The molecular weight excluding hydrogens is 264 g/mol. The predicted molar refractivity (Wildman–Crippen MR) is 62.8 cm³/mol. The van der Waals surface area contributed by atoms with Crippen molar-refractivity contribution in [2.45, 2.75) is 6.54 Å². The highest BCUT2D eigenvalue weighted by atomic mass is 79.9. The van der Waals surface area contributed by atoms with Crippen molar-refractivity contribution in [1.82, 2.24) is 10.3 Å². The molecule has 1 aromatic heterocycles. The molecule has 0 unspecified atom stereocenters. The van der Waals surface area contributed by atoms with Crippen LogP contribution < -0.4 is 16.0 Å². The summed E-state index contributed by atoms with van der Waals surface area (Å²) in [6, 6.07) is 0. The van der Waals surface area contributed by atoms with Gasteiger partial charge in [-0.2, -0.15) is 0 Å². The fraction of sp³-hybridized carbons (Fsp3) is 0.625. The minimum absolute atomic E-state index is 0.560. The van der Waals surface area contributed by atoms with E-state index < -0.39 is 0 Å². The Morgan fingerprint density at radius 3 is 2.79 bits per heavy atom. The maximum absolute atomic E-state index is 5.60. The van der Waals surface area contributed by atoms with Crippen LogP contribution in [0.3, 0.4) is 0 Å². The van der Waals surface area contributed by atoms with Gasteiger partial charge in [-0.05, 0) is 15.9 Å². The Hall–Kier alpha value is -0.170. The number of nitrogens with zero attached hydrogens (tertiary/aromatic N) is 2. The summed E-state index contributed by atoms with van der Waals surface area (Å²) in [7, 11) is 0. The van der Waals surface area contributed by atoms with E-state index in [0.717, 1.165) is 40.8 Å². The quantitative estimate of drug-likeness (QED) is 0.838. The first-order valence-electron chi connectivity index (χ1n) is 4.62. The zero-order chi connectivity index (χ0) is 9.97. The third kappa shape index (κ3) is 2.08. The van der Waals surface area contributed by atoms with E-state index in [4.69, 9.17) is 5.73 Å². The molecule has 0 bridgehead atoms. The molecular formula is C8H13BrN4S. The SMILES string of the molecule is NCc1sc(N2CCNCC2)nc1Br. The Kier molecular flexibility index (Phi) is 3.38. The van der Waals surface area contributed by atoms with Crippen molar-refractivity contribution in [3.05, 3.63) is 9.48 Å². The molecule has 14 heavy (non-hydrogen) atoms. The number of anilines is 1. The number of hydrogen-bond donors (Lipinski definition) is 2. The van der Waals surface area contributed by atoms with Crippen LogP contribution in [-0.2, 0) is 6.54 Å². The molecule has 0 atom stereocenters. The second-order valence-corrected chi connectivity index (χ2v) is 4.96. The molecule has 4 nitrogen and oxygen atoms in total. The number of rotatable bonds is 2. The second kappa shape index (κ2) is 4.57. The van der Waals surface area contributed by atoms with E-state index in [1.807, 2.05) is 0 Å². The van der Waals surface area contributed by atoms with E-state index in [2.05, 4.69) is 31.1 Å². The lowest BCUT2D eigenvalue weighted by Gasteiger charge is -2.26. The summed E-state index contributed by atoms with van der Waals surface area (Å²) in [5, 5.41) is 4.40. The van der Waals surface area contributed by atoms with Gasteiger partial charge in [0.1, 0.15) is 4.60 Å². The lowest BCUT2D eigenvalue weighted by atomic mass is 10.4. The Morgan fingerprint density at radius 1 is 1.50 bits per heavy atom. The Balaban J connectivity index is 2.14. The summed E-state index contributed by atoms with van der Waals surface area (Å²) in [6.45, 7) is 4.70.